The van der Waals surface area contributed by atoms with Gasteiger partial charge in [0.1, 0.15) is 0 Å². The summed E-state index contributed by atoms with van der Waals surface area (Å²) in [6, 6.07) is 9.33. The predicted octanol–water partition coefficient (Wildman–Crippen LogP) is 4.53. The average molecular weight is 289 g/mol. The third kappa shape index (κ3) is 5.12. The van der Waals surface area contributed by atoms with Crippen LogP contribution in [0.25, 0.3) is 0 Å². The SMILES string of the molecule is CCOCc1ccccc1CNC1CCC(C(C)C)CC1. The molecule has 0 heterocycles. The lowest BCUT2D eigenvalue weighted by Crippen LogP contribution is -2.34. The highest BCUT2D eigenvalue weighted by Crippen LogP contribution is 2.30. The van der Waals surface area contributed by atoms with Crippen molar-refractivity contribution in [3.63, 3.8) is 0 Å². The molecule has 1 aliphatic carbocycles. The molecule has 0 aliphatic heterocycles. The Kier molecular flexibility index (Phi) is 6.72. The minimum absolute atomic E-state index is 0.695. The number of rotatable bonds is 7. The van der Waals surface area contributed by atoms with E-state index in [0.717, 1.165) is 31.6 Å². The highest BCUT2D eigenvalue weighted by molar-refractivity contribution is 5.26. The Balaban J connectivity index is 1.81. The molecule has 0 atom stereocenters. The summed E-state index contributed by atoms with van der Waals surface area (Å²) in [4.78, 5) is 0. The maximum atomic E-state index is 5.56. The molecule has 2 rings (SSSR count). The van der Waals surface area contributed by atoms with E-state index in [9.17, 15) is 0 Å². The van der Waals surface area contributed by atoms with Crippen molar-refractivity contribution in [2.75, 3.05) is 6.61 Å². The van der Waals surface area contributed by atoms with Crippen molar-refractivity contribution in [3.8, 4) is 0 Å². The van der Waals surface area contributed by atoms with Gasteiger partial charge < -0.3 is 10.1 Å². The summed E-state index contributed by atoms with van der Waals surface area (Å²) >= 11 is 0. The van der Waals surface area contributed by atoms with Crippen LogP contribution >= 0.6 is 0 Å². The first kappa shape index (κ1) is 16.5. The average Bonchev–Trinajstić information content (AvgIpc) is 2.52. The standard InChI is InChI=1S/C19H31NO/c1-4-21-14-18-8-6-5-7-17(18)13-20-19-11-9-16(10-12-19)15(2)3/h5-8,15-16,19-20H,4,9-14H2,1-3H3. The van der Waals surface area contributed by atoms with Crippen molar-refractivity contribution < 1.29 is 4.74 Å². The van der Waals surface area contributed by atoms with Crippen molar-refractivity contribution in [1.82, 2.24) is 5.32 Å². The molecule has 2 heteroatoms. The van der Waals surface area contributed by atoms with Crippen LogP contribution in [0, 0.1) is 11.8 Å². The van der Waals surface area contributed by atoms with Gasteiger partial charge in [-0.05, 0) is 55.6 Å². The van der Waals surface area contributed by atoms with E-state index in [0.29, 0.717) is 6.04 Å². The molecule has 118 valence electrons. The third-order valence-corrected chi connectivity index (χ3v) is 4.88. The molecule has 21 heavy (non-hydrogen) atoms. The van der Waals surface area contributed by atoms with E-state index in [2.05, 4.69) is 43.4 Å². The Labute approximate surface area is 130 Å². The molecule has 1 aromatic rings. The lowest BCUT2D eigenvalue weighted by atomic mass is 9.79. The molecule has 1 fully saturated rings. The monoisotopic (exact) mass is 289 g/mol. The summed E-state index contributed by atoms with van der Waals surface area (Å²) in [6.07, 6.45) is 5.43. The Morgan fingerprint density at radius 3 is 2.38 bits per heavy atom. The zero-order chi connectivity index (χ0) is 15.1. The largest absolute Gasteiger partial charge is 0.377 e. The van der Waals surface area contributed by atoms with Crippen LogP contribution in [0.2, 0.25) is 0 Å². The Morgan fingerprint density at radius 1 is 1.10 bits per heavy atom. The molecule has 0 saturated heterocycles. The van der Waals surface area contributed by atoms with Gasteiger partial charge in [0.2, 0.25) is 0 Å². The Bertz CT molecular complexity index is 408. The van der Waals surface area contributed by atoms with Crippen LogP contribution in [0.5, 0.6) is 0 Å². The molecule has 2 nitrogen and oxygen atoms in total. The van der Waals surface area contributed by atoms with Crippen LogP contribution in [0.15, 0.2) is 24.3 Å². The number of hydrogen-bond acceptors (Lipinski definition) is 2. The Morgan fingerprint density at radius 2 is 1.76 bits per heavy atom. The van der Waals surface area contributed by atoms with E-state index < -0.39 is 0 Å². The van der Waals surface area contributed by atoms with E-state index in [-0.39, 0.29) is 0 Å². The molecular formula is C19H31NO. The van der Waals surface area contributed by atoms with Crippen LogP contribution in [0.4, 0.5) is 0 Å². The summed E-state index contributed by atoms with van der Waals surface area (Å²) < 4.78 is 5.56. The first-order chi connectivity index (χ1) is 10.2. The molecule has 0 unspecified atom stereocenters. The molecule has 0 spiro atoms. The minimum Gasteiger partial charge on any atom is -0.377 e. The van der Waals surface area contributed by atoms with Gasteiger partial charge in [-0.3, -0.25) is 0 Å². The third-order valence-electron chi connectivity index (χ3n) is 4.88. The summed E-state index contributed by atoms with van der Waals surface area (Å²) in [7, 11) is 0. The smallest absolute Gasteiger partial charge is 0.0719 e. The number of hydrogen-bond donors (Lipinski definition) is 1. The lowest BCUT2D eigenvalue weighted by molar-refractivity contribution is 0.133. The van der Waals surface area contributed by atoms with Crippen LogP contribution in [-0.4, -0.2) is 12.6 Å². The van der Waals surface area contributed by atoms with Crippen LogP contribution < -0.4 is 5.32 Å². The van der Waals surface area contributed by atoms with Gasteiger partial charge in [0.15, 0.2) is 0 Å². The first-order valence-electron chi connectivity index (χ1n) is 8.58. The quantitative estimate of drug-likeness (QED) is 0.796. The summed E-state index contributed by atoms with van der Waals surface area (Å²) in [6.45, 7) is 9.26. The topological polar surface area (TPSA) is 21.3 Å². The number of benzene rings is 1. The van der Waals surface area contributed by atoms with E-state index in [1.165, 1.54) is 36.8 Å². The second kappa shape index (κ2) is 8.55. The maximum Gasteiger partial charge on any atom is 0.0719 e. The van der Waals surface area contributed by atoms with E-state index in [4.69, 9.17) is 4.74 Å². The Hall–Kier alpha value is -0.860. The molecule has 0 radical (unpaired) electrons. The maximum absolute atomic E-state index is 5.56. The zero-order valence-electron chi connectivity index (χ0n) is 13.9. The fourth-order valence-electron chi connectivity index (χ4n) is 3.33. The highest BCUT2D eigenvalue weighted by Gasteiger charge is 2.22. The predicted molar refractivity (Wildman–Crippen MR) is 89.2 cm³/mol. The number of nitrogens with one attached hydrogen (secondary N) is 1. The second-order valence-electron chi connectivity index (χ2n) is 6.64. The summed E-state index contributed by atoms with van der Waals surface area (Å²) in [5, 5.41) is 3.76. The second-order valence-corrected chi connectivity index (χ2v) is 6.64. The van der Waals surface area contributed by atoms with Crippen molar-refractivity contribution in [3.05, 3.63) is 35.4 Å². The van der Waals surface area contributed by atoms with E-state index in [1.54, 1.807) is 0 Å². The fraction of sp³-hybridized carbons (Fsp3) is 0.684. The van der Waals surface area contributed by atoms with Crippen LogP contribution in [0.1, 0.15) is 57.6 Å². The molecule has 1 N–H and O–H groups in total. The van der Waals surface area contributed by atoms with Gasteiger partial charge in [0.25, 0.3) is 0 Å². The molecule has 1 saturated carbocycles. The van der Waals surface area contributed by atoms with Crippen LogP contribution in [0.3, 0.4) is 0 Å². The molecular weight excluding hydrogens is 258 g/mol. The normalized spacial score (nSPS) is 22.7. The first-order valence-corrected chi connectivity index (χ1v) is 8.58. The van der Waals surface area contributed by atoms with Gasteiger partial charge in [-0.25, -0.2) is 0 Å². The fourth-order valence-corrected chi connectivity index (χ4v) is 3.33. The van der Waals surface area contributed by atoms with Gasteiger partial charge in [-0.2, -0.15) is 0 Å². The molecule has 1 aliphatic rings. The van der Waals surface area contributed by atoms with Gasteiger partial charge in [0.05, 0.1) is 6.61 Å². The van der Waals surface area contributed by atoms with Crippen LogP contribution in [-0.2, 0) is 17.9 Å². The van der Waals surface area contributed by atoms with Crippen molar-refractivity contribution in [2.45, 2.75) is 65.6 Å². The molecule has 1 aromatic carbocycles. The van der Waals surface area contributed by atoms with Crippen molar-refractivity contribution in [2.24, 2.45) is 11.8 Å². The molecule has 0 bridgehead atoms. The van der Waals surface area contributed by atoms with Gasteiger partial charge >= 0.3 is 0 Å². The molecule has 0 amide bonds. The van der Waals surface area contributed by atoms with Gasteiger partial charge in [-0.1, -0.05) is 38.1 Å². The van der Waals surface area contributed by atoms with Crippen molar-refractivity contribution in [1.29, 1.82) is 0 Å². The van der Waals surface area contributed by atoms with E-state index in [1.807, 2.05) is 6.92 Å². The van der Waals surface area contributed by atoms with Crippen molar-refractivity contribution >= 4 is 0 Å². The summed E-state index contributed by atoms with van der Waals surface area (Å²) in [5.41, 5.74) is 2.71. The summed E-state index contributed by atoms with van der Waals surface area (Å²) in [5.74, 6) is 1.78. The zero-order valence-corrected chi connectivity index (χ0v) is 13.9. The lowest BCUT2D eigenvalue weighted by Gasteiger charge is -2.31. The van der Waals surface area contributed by atoms with Gasteiger partial charge in [0, 0.05) is 19.2 Å². The minimum atomic E-state index is 0.695. The van der Waals surface area contributed by atoms with E-state index >= 15 is 0 Å². The molecule has 0 aromatic heterocycles. The number of ether oxygens (including phenoxy) is 1. The van der Waals surface area contributed by atoms with Gasteiger partial charge in [-0.15, -0.1) is 0 Å². The highest BCUT2D eigenvalue weighted by atomic mass is 16.5.